The first-order chi connectivity index (χ1) is 15.4. The summed E-state index contributed by atoms with van der Waals surface area (Å²) in [6.45, 7) is 3.99. The molecule has 0 spiro atoms. The van der Waals surface area contributed by atoms with Crippen molar-refractivity contribution in [3.05, 3.63) is 76.8 Å². The minimum atomic E-state index is -0.494. The summed E-state index contributed by atoms with van der Waals surface area (Å²) in [7, 11) is 0. The van der Waals surface area contributed by atoms with E-state index < -0.39 is 6.09 Å². The number of aromatic nitrogens is 2. The van der Waals surface area contributed by atoms with E-state index in [1.807, 2.05) is 19.1 Å². The number of nitrogens with one attached hydrogen (secondary N) is 3. The van der Waals surface area contributed by atoms with Crippen LogP contribution in [0, 0.1) is 6.92 Å². The van der Waals surface area contributed by atoms with Crippen molar-refractivity contribution in [2.45, 2.75) is 13.8 Å². The van der Waals surface area contributed by atoms with Crippen LogP contribution in [-0.4, -0.2) is 28.6 Å². The molecule has 0 radical (unpaired) electrons. The number of fused-ring (bicyclic) bond motifs is 1. The predicted octanol–water partition coefficient (Wildman–Crippen LogP) is 6.01. The Hall–Kier alpha value is -3.84. The Balaban J connectivity index is 1.56. The number of hydrogen-bond acceptors (Lipinski definition) is 4. The van der Waals surface area contributed by atoms with Crippen LogP contribution in [0.15, 0.2) is 60.7 Å². The lowest BCUT2D eigenvalue weighted by molar-refractivity contribution is 0.102. The molecule has 0 aliphatic rings. The van der Waals surface area contributed by atoms with Gasteiger partial charge in [-0.2, -0.15) is 0 Å². The zero-order valence-electron chi connectivity index (χ0n) is 17.5. The topological polar surface area (TPSA) is 96.1 Å². The molecule has 0 bridgehead atoms. The fourth-order valence-corrected chi connectivity index (χ4v) is 3.53. The Bertz CT molecular complexity index is 1320. The smallest absolute Gasteiger partial charge is 0.411 e. The van der Waals surface area contributed by atoms with Gasteiger partial charge in [0.05, 0.1) is 17.6 Å². The van der Waals surface area contributed by atoms with Crippen LogP contribution in [-0.2, 0) is 4.74 Å². The standard InChI is InChI=1S/C24H21ClN4O3/c1-3-32-24(31)27-18-8-9-19(14(2)11-18)22-28-20-10-7-15(12-21(20)29-22)23(30)26-17-6-4-5-16(25)13-17/h4-13H,3H2,1-2H3,(H,26,30)(H,27,31)(H,28,29). The fourth-order valence-electron chi connectivity index (χ4n) is 3.34. The van der Waals surface area contributed by atoms with Gasteiger partial charge in [-0.15, -0.1) is 0 Å². The van der Waals surface area contributed by atoms with Gasteiger partial charge < -0.3 is 15.0 Å². The molecule has 4 rings (SSSR count). The average molecular weight is 449 g/mol. The molecular formula is C24H21ClN4O3. The maximum atomic E-state index is 12.6. The normalized spacial score (nSPS) is 10.7. The first-order valence-electron chi connectivity index (χ1n) is 10.0. The highest BCUT2D eigenvalue weighted by atomic mass is 35.5. The van der Waals surface area contributed by atoms with Crippen LogP contribution in [0.25, 0.3) is 22.4 Å². The number of amides is 2. The number of halogens is 1. The number of H-pyrrole nitrogens is 1. The van der Waals surface area contributed by atoms with Crippen LogP contribution in [0.1, 0.15) is 22.8 Å². The molecule has 2 amide bonds. The maximum absolute atomic E-state index is 12.6. The number of benzene rings is 3. The SMILES string of the molecule is CCOC(=O)Nc1ccc(-c2nc3ccc(C(=O)Nc4cccc(Cl)c4)cc3[nH]2)c(C)c1. The highest BCUT2D eigenvalue weighted by molar-refractivity contribution is 6.31. The average Bonchev–Trinajstić information content (AvgIpc) is 3.17. The summed E-state index contributed by atoms with van der Waals surface area (Å²) < 4.78 is 4.91. The van der Waals surface area contributed by atoms with Gasteiger partial charge in [0.2, 0.25) is 0 Å². The summed E-state index contributed by atoms with van der Waals surface area (Å²) >= 11 is 5.98. The number of anilines is 2. The highest BCUT2D eigenvalue weighted by Crippen LogP contribution is 2.27. The van der Waals surface area contributed by atoms with Gasteiger partial charge in [0.1, 0.15) is 5.82 Å². The monoisotopic (exact) mass is 448 g/mol. The summed E-state index contributed by atoms with van der Waals surface area (Å²) in [5.74, 6) is 0.434. The van der Waals surface area contributed by atoms with Crippen molar-refractivity contribution >= 4 is 46.0 Å². The Labute approximate surface area is 189 Å². The van der Waals surface area contributed by atoms with Crippen LogP contribution in [0.4, 0.5) is 16.2 Å². The lowest BCUT2D eigenvalue weighted by atomic mass is 10.1. The van der Waals surface area contributed by atoms with Gasteiger partial charge in [0.25, 0.3) is 5.91 Å². The third kappa shape index (κ3) is 4.73. The number of carbonyl (C=O) groups is 2. The van der Waals surface area contributed by atoms with E-state index in [-0.39, 0.29) is 5.91 Å². The van der Waals surface area contributed by atoms with Crippen molar-refractivity contribution < 1.29 is 14.3 Å². The number of imidazole rings is 1. The van der Waals surface area contributed by atoms with E-state index in [2.05, 4.69) is 20.6 Å². The lowest BCUT2D eigenvalue weighted by Gasteiger charge is -2.08. The Morgan fingerprint density at radius 2 is 1.84 bits per heavy atom. The van der Waals surface area contributed by atoms with E-state index >= 15 is 0 Å². The van der Waals surface area contributed by atoms with Gasteiger partial charge in [0, 0.05) is 27.5 Å². The third-order valence-corrected chi connectivity index (χ3v) is 5.07. The molecule has 0 saturated carbocycles. The van der Waals surface area contributed by atoms with E-state index in [4.69, 9.17) is 16.3 Å². The van der Waals surface area contributed by atoms with Crippen molar-refractivity contribution in [1.82, 2.24) is 9.97 Å². The zero-order valence-corrected chi connectivity index (χ0v) is 18.3. The Morgan fingerprint density at radius 1 is 1.03 bits per heavy atom. The van der Waals surface area contributed by atoms with Crippen molar-refractivity contribution in [3.63, 3.8) is 0 Å². The molecule has 3 N–H and O–H groups in total. The summed E-state index contributed by atoms with van der Waals surface area (Å²) in [4.78, 5) is 32.2. The van der Waals surface area contributed by atoms with E-state index in [9.17, 15) is 9.59 Å². The van der Waals surface area contributed by atoms with E-state index in [1.165, 1.54) is 0 Å². The highest BCUT2D eigenvalue weighted by Gasteiger charge is 2.13. The quantitative estimate of drug-likeness (QED) is 0.348. The van der Waals surface area contributed by atoms with Crippen molar-refractivity contribution in [3.8, 4) is 11.4 Å². The number of rotatable bonds is 5. The Kier molecular flexibility index (Phi) is 6.09. The molecule has 0 unspecified atom stereocenters. The van der Waals surface area contributed by atoms with Crippen LogP contribution in [0.2, 0.25) is 5.02 Å². The summed E-state index contributed by atoms with van der Waals surface area (Å²) in [5.41, 5.74) is 5.07. The fraction of sp³-hybridized carbons (Fsp3) is 0.125. The van der Waals surface area contributed by atoms with Crippen molar-refractivity contribution in [1.29, 1.82) is 0 Å². The number of ether oxygens (including phenoxy) is 1. The molecule has 7 nitrogen and oxygen atoms in total. The van der Waals surface area contributed by atoms with Crippen molar-refractivity contribution in [2.75, 3.05) is 17.2 Å². The molecule has 162 valence electrons. The first-order valence-corrected chi connectivity index (χ1v) is 10.4. The largest absolute Gasteiger partial charge is 0.450 e. The maximum Gasteiger partial charge on any atom is 0.411 e. The second kappa shape index (κ2) is 9.11. The molecule has 1 heterocycles. The van der Waals surface area contributed by atoms with Gasteiger partial charge in [-0.3, -0.25) is 10.1 Å². The number of carbonyl (C=O) groups excluding carboxylic acids is 2. The summed E-state index contributed by atoms with van der Waals surface area (Å²) in [5, 5.41) is 6.08. The van der Waals surface area contributed by atoms with Crippen LogP contribution >= 0.6 is 11.6 Å². The van der Waals surface area contributed by atoms with Crippen LogP contribution in [0.5, 0.6) is 0 Å². The molecule has 32 heavy (non-hydrogen) atoms. The third-order valence-electron chi connectivity index (χ3n) is 4.83. The minimum absolute atomic E-state index is 0.240. The molecule has 0 saturated heterocycles. The van der Waals surface area contributed by atoms with Crippen LogP contribution in [0.3, 0.4) is 0 Å². The van der Waals surface area contributed by atoms with Crippen molar-refractivity contribution in [2.24, 2.45) is 0 Å². The summed E-state index contributed by atoms with van der Waals surface area (Å²) in [6, 6.07) is 17.8. The molecule has 0 atom stereocenters. The minimum Gasteiger partial charge on any atom is -0.450 e. The second-order valence-corrected chi connectivity index (χ2v) is 7.59. The van der Waals surface area contributed by atoms with Gasteiger partial charge in [-0.1, -0.05) is 17.7 Å². The lowest BCUT2D eigenvalue weighted by Crippen LogP contribution is -2.13. The molecule has 1 aromatic heterocycles. The van der Waals surface area contributed by atoms with E-state index in [0.29, 0.717) is 34.4 Å². The summed E-state index contributed by atoms with van der Waals surface area (Å²) in [6.07, 6.45) is -0.494. The zero-order chi connectivity index (χ0) is 22.7. The molecule has 0 fully saturated rings. The molecule has 4 aromatic rings. The van der Waals surface area contributed by atoms with Gasteiger partial charge in [0.15, 0.2) is 0 Å². The second-order valence-electron chi connectivity index (χ2n) is 7.16. The molecule has 3 aromatic carbocycles. The van der Waals surface area contributed by atoms with Crippen LogP contribution < -0.4 is 10.6 Å². The van der Waals surface area contributed by atoms with E-state index in [0.717, 1.165) is 22.2 Å². The number of hydrogen-bond donors (Lipinski definition) is 3. The number of aryl methyl sites for hydroxylation is 1. The van der Waals surface area contributed by atoms with E-state index in [1.54, 1.807) is 55.5 Å². The number of nitrogens with zero attached hydrogens (tertiary/aromatic N) is 1. The molecule has 0 aliphatic carbocycles. The Morgan fingerprint density at radius 3 is 2.59 bits per heavy atom. The molecule has 0 aliphatic heterocycles. The number of aromatic amines is 1. The molecular weight excluding hydrogens is 428 g/mol. The van der Waals surface area contributed by atoms with Gasteiger partial charge >= 0.3 is 6.09 Å². The first kappa shape index (κ1) is 21.4. The van der Waals surface area contributed by atoms with Gasteiger partial charge in [-0.05, 0) is 74.0 Å². The van der Waals surface area contributed by atoms with Gasteiger partial charge in [-0.25, -0.2) is 9.78 Å². The molecule has 8 heteroatoms. The predicted molar refractivity (Wildman–Crippen MR) is 126 cm³/mol.